The number of methoxy groups -OCH3 is 2. The van der Waals surface area contributed by atoms with Gasteiger partial charge < -0.3 is 33.1 Å². The molecule has 0 aliphatic carbocycles. The van der Waals surface area contributed by atoms with Crippen LogP contribution < -0.4 is 14.7 Å². The van der Waals surface area contributed by atoms with Gasteiger partial charge in [0.25, 0.3) is 8.53 Å². The summed E-state index contributed by atoms with van der Waals surface area (Å²) in [4.78, 5) is 18.2. The number of pyridine rings is 1. The number of fused-ring (bicyclic) bond motifs is 2. The van der Waals surface area contributed by atoms with Crippen molar-refractivity contribution in [3.8, 4) is 17.6 Å². The largest absolute Gasteiger partial charge is 0.497 e. The van der Waals surface area contributed by atoms with Crippen molar-refractivity contribution < 1.29 is 23.3 Å². The van der Waals surface area contributed by atoms with Crippen LogP contribution in [0.4, 0.5) is 5.82 Å². The topological polar surface area (TPSA) is 142 Å². The highest BCUT2D eigenvalue weighted by Crippen LogP contribution is 2.48. The number of nitrogens with zero attached hydrogens (tertiary/aromatic N) is 7. The highest BCUT2D eigenvalue weighted by molar-refractivity contribution is 7.44. The molecule has 6 aromatic rings. The van der Waals surface area contributed by atoms with Crippen molar-refractivity contribution in [1.29, 1.82) is 5.26 Å². The van der Waals surface area contributed by atoms with E-state index < -0.39 is 20.2 Å². The van der Waals surface area contributed by atoms with Crippen molar-refractivity contribution in [2.45, 2.75) is 64.4 Å². The third-order valence-electron chi connectivity index (χ3n) is 9.29. The van der Waals surface area contributed by atoms with Gasteiger partial charge in [0, 0.05) is 12.1 Å². The Kier molecular flexibility index (Phi) is 13.5. The Balaban J connectivity index is 1.48. The van der Waals surface area contributed by atoms with E-state index in [1.54, 1.807) is 20.5 Å². The molecule has 288 valence electrons. The first-order valence-corrected chi connectivity index (χ1v) is 19.5. The molecule has 3 aromatic heterocycles. The number of nitriles is 1. The van der Waals surface area contributed by atoms with Gasteiger partial charge in [0.1, 0.15) is 40.9 Å². The van der Waals surface area contributed by atoms with E-state index in [1.807, 2.05) is 77.4 Å². The van der Waals surface area contributed by atoms with Gasteiger partial charge in [0.15, 0.2) is 11.3 Å². The van der Waals surface area contributed by atoms with Gasteiger partial charge in [-0.25, -0.2) is 24.6 Å². The number of rotatable bonds is 19. The first-order chi connectivity index (χ1) is 27.2. The number of hydrogen-bond acceptors (Lipinski definition) is 12. The Labute approximate surface area is 330 Å². The molecule has 0 fully saturated rings. The third kappa shape index (κ3) is 8.78. The summed E-state index contributed by atoms with van der Waals surface area (Å²) in [6.45, 7) is 9.05. The van der Waals surface area contributed by atoms with Gasteiger partial charge in [-0.2, -0.15) is 5.26 Å². The molecule has 56 heavy (non-hydrogen) atoms. The maximum absolute atomic E-state index is 9.41. The highest BCUT2D eigenvalue weighted by Gasteiger charge is 2.40. The molecule has 0 saturated heterocycles. The van der Waals surface area contributed by atoms with Gasteiger partial charge in [-0.3, -0.25) is 0 Å². The normalized spacial score (nSPS) is 13.0. The van der Waals surface area contributed by atoms with Crippen molar-refractivity contribution >= 4 is 44.5 Å². The second-order valence-electron chi connectivity index (χ2n) is 13.6. The number of hydrogen-bond donors (Lipinski definition) is 1. The van der Waals surface area contributed by atoms with Crippen molar-refractivity contribution in [3.63, 3.8) is 0 Å². The Morgan fingerprint density at radius 2 is 1.50 bits per heavy atom. The van der Waals surface area contributed by atoms with Crippen LogP contribution in [0.15, 0.2) is 97.6 Å². The minimum absolute atomic E-state index is 0.0823. The second-order valence-corrected chi connectivity index (χ2v) is 15.0. The molecule has 2 radical (unpaired) electrons. The predicted molar refractivity (Wildman–Crippen MR) is 218 cm³/mol. The van der Waals surface area contributed by atoms with E-state index in [9.17, 15) is 5.26 Å². The first-order valence-electron chi connectivity index (χ1n) is 18.4. The number of anilines is 1. The fourth-order valence-corrected chi connectivity index (χ4v) is 8.45. The van der Waals surface area contributed by atoms with Crippen LogP contribution in [-0.2, 0) is 25.9 Å². The van der Waals surface area contributed by atoms with E-state index in [-0.39, 0.29) is 31.7 Å². The summed E-state index contributed by atoms with van der Waals surface area (Å²) >= 11 is 0. The van der Waals surface area contributed by atoms with Gasteiger partial charge >= 0.3 is 0 Å². The summed E-state index contributed by atoms with van der Waals surface area (Å²) in [5, 5.41) is 12.7. The minimum Gasteiger partial charge on any atom is -0.497 e. The van der Waals surface area contributed by atoms with E-state index in [0.29, 0.717) is 34.6 Å². The van der Waals surface area contributed by atoms with Crippen LogP contribution in [0.1, 0.15) is 50.8 Å². The summed E-state index contributed by atoms with van der Waals surface area (Å²) in [7, 11) is 7.37. The molecule has 2 atom stereocenters. The van der Waals surface area contributed by atoms with Gasteiger partial charge in [-0.15, -0.1) is 0 Å². The van der Waals surface area contributed by atoms with Gasteiger partial charge in [0.05, 0.1) is 58.2 Å². The Bertz CT molecular complexity index is 2160. The average Bonchev–Trinajstić information content (AvgIpc) is 3.61. The maximum atomic E-state index is 9.41. The maximum Gasteiger partial charge on any atom is 0.259 e. The molecule has 6 rings (SSSR count). The molecule has 0 amide bonds. The molecular weight excluding hydrogens is 726 g/mol. The number of nitrogens with one attached hydrogen (secondary N) is 1. The van der Waals surface area contributed by atoms with Gasteiger partial charge in [-0.05, 0) is 74.7 Å². The quantitative estimate of drug-likeness (QED) is 0.0376. The SMILES string of the molecule is [B]Nc1ncnc2nc3c(cc12)ncn3C[C@@H](COC(c1ccccc1)(c1ccc(OC)cc1)c1ccc(OC)cc1)OP(OCCC#N)N(C(C)C)C(C)C. The molecule has 0 bridgehead atoms. The third-order valence-corrected chi connectivity index (χ3v) is 11.5. The summed E-state index contributed by atoms with van der Waals surface area (Å²) in [6.07, 6.45) is 2.76. The monoisotopic (exact) mass is 772 g/mol. The number of benzene rings is 3. The van der Waals surface area contributed by atoms with Crippen molar-refractivity contribution in [3.05, 3.63) is 114 Å². The molecule has 1 N–H and O–H groups in total. The summed E-state index contributed by atoms with van der Waals surface area (Å²) in [5.74, 6) is 1.90. The summed E-state index contributed by atoms with van der Waals surface area (Å²) in [5.41, 5.74) is 3.29. The van der Waals surface area contributed by atoms with Crippen LogP contribution in [0.2, 0.25) is 0 Å². The lowest BCUT2D eigenvalue weighted by Gasteiger charge is -2.39. The molecule has 0 aliphatic rings. The standard InChI is InChI=1S/C41H46BN8O5P/c1-28(2)50(29(3)4)56(54-22-10-21-43)55-35(24-49-27-46-37-23-36-38(47-40(37)49)44-26-45-39(36)48-42)25-53-41(30-11-8-7-9-12-30,31-13-17-33(51-5)18-14-31)32-15-19-34(52-6)20-16-32/h7-9,11-20,23,26-29,35H,10,22,24-25H2,1-6H3,(H,44,45,47,48)/t35-,56?/m0/s1. The zero-order valence-corrected chi connectivity index (χ0v) is 33.4. The fourth-order valence-electron chi connectivity index (χ4n) is 6.76. The summed E-state index contributed by atoms with van der Waals surface area (Å²) < 4.78 is 36.1. The van der Waals surface area contributed by atoms with Crippen LogP contribution in [-0.4, -0.2) is 82.8 Å². The number of ether oxygens (including phenoxy) is 3. The van der Waals surface area contributed by atoms with Crippen LogP contribution in [0.3, 0.4) is 0 Å². The molecule has 0 saturated carbocycles. The molecular formula is C41H46BN8O5P. The zero-order valence-electron chi connectivity index (χ0n) is 32.5. The second kappa shape index (κ2) is 18.7. The fraction of sp³-hybridized carbons (Fsp3) is 0.341. The molecule has 15 heteroatoms. The van der Waals surface area contributed by atoms with Gasteiger partial charge in [-0.1, -0.05) is 54.6 Å². The van der Waals surface area contributed by atoms with E-state index in [1.165, 1.54) is 6.33 Å². The van der Waals surface area contributed by atoms with E-state index in [0.717, 1.165) is 28.2 Å². The Morgan fingerprint density at radius 1 is 0.875 bits per heavy atom. The first kappa shape index (κ1) is 40.5. The minimum atomic E-state index is -1.66. The van der Waals surface area contributed by atoms with E-state index in [4.69, 9.17) is 41.2 Å². The molecule has 1 unspecified atom stereocenters. The predicted octanol–water partition coefficient (Wildman–Crippen LogP) is 7.56. The van der Waals surface area contributed by atoms with Crippen LogP contribution in [0, 0.1) is 11.3 Å². The lowest BCUT2D eigenvalue weighted by molar-refractivity contribution is -0.0381. The highest BCUT2D eigenvalue weighted by atomic mass is 31.2. The van der Waals surface area contributed by atoms with Crippen molar-refractivity contribution in [2.75, 3.05) is 32.7 Å². The van der Waals surface area contributed by atoms with E-state index >= 15 is 0 Å². The lowest BCUT2D eigenvalue weighted by atomic mass is 9.80. The smallest absolute Gasteiger partial charge is 0.259 e. The van der Waals surface area contributed by atoms with Crippen molar-refractivity contribution in [2.24, 2.45) is 0 Å². The number of aromatic nitrogens is 5. The van der Waals surface area contributed by atoms with Gasteiger partial charge in [0.2, 0.25) is 7.98 Å². The molecule has 3 heterocycles. The zero-order chi connectivity index (χ0) is 39.7. The van der Waals surface area contributed by atoms with Crippen LogP contribution in [0.25, 0.3) is 22.2 Å². The summed E-state index contributed by atoms with van der Waals surface area (Å²) in [6, 6.07) is 30.2. The van der Waals surface area contributed by atoms with Crippen molar-refractivity contribution in [1.82, 2.24) is 29.2 Å². The Hall–Kier alpha value is -5.16. The van der Waals surface area contributed by atoms with Crippen LogP contribution in [0.5, 0.6) is 11.5 Å². The average molecular weight is 773 g/mol. The molecule has 13 nitrogen and oxygen atoms in total. The lowest BCUT2D eigenvalue weighted by Crippen LogP contribution is -2.39. The van der Waals surface area contributed by atoms with E-state index in [2.05, 4.69) is 65.8 Å². The molecule has 0 spiro atoms. The molecule has 0 aliphatic heterocycles. The Morgan fingerprint density at radius 3 is 2.07 bits per heavy atom. The number of imidazole rings is 1. The van der Waals surface area contributed by atoms with Crippen LogP contribution >= 0.6 is 8.53 Å². The molecule has 3 aromatic carbocycles.